The molecule has 0 saturated heterocycles. The normalized spacial score (nSPS) is 32.0. The van der Waals surface area contributed by atoms with Crippen molar-refractivity contribution in [2.75, 3.05) is 0 Å². The molecule has 0 radical (unpaired) electrons. The van der Waals surface area contributed by atoms with Crippen LogP contribution in [0.4, 0.5) is 0 Å². The van der Waals surface area contributed by atoms with Gasteiger partial charge in [-0.2, -0.15) is 0 Å². The Morgan fingerprint density at radius 1 is 1.04 bits per heavy atom. The van der Waals surface area contributed by atoms with Crippen molar-refractivity contribution in [1.82, 2.24) is 10.9 Å². The number of carbonyl (C=O) groups excluding carboxylic acids is 2. The number of nitrogens with one attached hydrogen (secondary N) is 2. The highest BCUT2D eigenvalue weighted by atomic mass is 16.5. The Bertz CT molecular complexity index is 723. The monoisotopic (exact) mass is 370 g/mol. The number of carbonyl (C=O) groups is 2. The van der Waals surface area contributed by atoms with E-state index in [0.717, 1.165) is 30.4 Å². The molecule has 4 aliphatic rings. The van der Waals surface area contributed by atoms with Crippen LogP contribution in [0.15, 0.2) is 18.2 Å². The van der Waals surface area contributed by atoms with Gasteiger partial charge in [0.15, 0.2) is 6.10 Å². The van der Waals surface area contributed by atoms with E-state index in [-0.39, 0.29) is 17.2 Å². The molecular weight excluding hydrogens is 340 g/mol. The zero-order valence-corrected chi connectivity index (χ0v) is 16.5. The SMILES string of the molecule is Cc1cccc(OC(C)C(=O)NNC(=O)C23CC4CC(CC(C4)C2)C3)c1C. The average Bonchev–Trinajstić information content (AvgIpc) is 2.62. The lowest BCUT2D eigenvalue weighted by Crippen LogP contribution is -2.57. The molecule has 0 heterocycles. The van der Waals surface area contributed by atoms with Crippen LogP contribution in [0, 0.1) is 37.0 Å². The minimum Gasteiger partial charge on any atom is -0.481 e. The maximum Gasteiger partial charge on any atom is 0.279 e. The fourth-order valence-electron chi connectivity index (χ4n) is 5.84. The van der Waals surface area contributed by atoms with Gasteiger partial charge >= 0.3 is 0 Å². The van der Waals surface area contributed by atoms with E-state index in [1.54, 1.807) is 6.92 Å². The lowest BCUT2D eigenvalue weighted by molar-refractivity contribution is -0.149. The summed E-state index contributed by atoms with van der Waals surface area (Å²) in [5.74, 6) is 2.46. The maximum absolute atomic E-state index is 12.9. The molecule has 0 spiro atoms. The summed E-state index contributed by atoms with van der Waals surface area (Å²) in [6.45, 7) is 5.69. The summed E-state index contributed by atoms with van der Waals surface area (Å²) < 4.78 is 5.81. The van der Waals surface area contributed by atoms with Crippen molar-refractivity contribution in [1.29, 1.82) is 0 Å². The van der Waals surface area contributed by atoms with Crippen LogP contribution in [-0.4, -0.2) is 17.9 Å². The molecule has 1 atom stereocenters. The van der Waals surface area contributed by atoms with Crippen molar-refractivity contribution in [3.63, 3.8) is 0 Å². The van der Waals surface area contributed by atoms with E-state index in [1.165, 1.54) is 19.3 Å². The van der Waals surface area contributed by atoms with Gasteiger partial charge in [-0.1, -0.05) is 12.1 Å². The molecule has 4 saturated carbocycles. The van der Waals surface area contributed by atoms with E-state index in [4.69, 9.17) is 4.74 Å². The lowest BCUT2D eigenvalue weighted by Gasteiger charge is -2.55. The molecule has 146 valence electrons. The van der Waals surface area contributed by atoms with Gasteiger partial charge in [-0.3, -0.25) is 20.4 Å². The molecule has 27 heavy (non-hydrogen) atoms. The topological polar surface area (TPSA) is 67.4 Å². The standard InChI is InChI=1S/C22H30N2O3/c1-13-5-4-6-19(14(13)2)27-15(3)20(25)23-24-21(26)22-10-16-7-17(11-22)9-18(8-16)12-22/h4-6,15-18H,7-12H2,1-3H3,(H,23,25)(H,24,26). The van der Waals surface area contributed by atoms with Gasteiger partial charge < -0.3 is 4.74 Å². The van der Waals surface area contributed by atoms with Crippen LogP contribution < -0.4 is 15.6 Å². The van der Waals surface area contributed by atoms with Crippen molar-refractivity contribution in [3.05, 3.63) is 29.3 Å². The van der Waals surface area contributed by atoms with E-state index in [2.05, 4.69) is 10.9 Å². The second-order valence-corrected chi connectivity index (χ2v) is 9.10. The Hall–Kier alpha value is -2.04. The minimum atomic E-state index is -0.679. The molecule has 5 nitrogen and oxygen atoms in total. The number of hydrogen-bond donors (Lipinski definition) is 2. The molecule has 5 rings (SSSR count). The molecule has 1 aromatic carbocycles. The Morgan fingerprint density at radius 3 is 2.22 bits per heavy atom. The van der Waals surface area contributed by atoms with Gasteiger partial charge in [0.2, 0.25) is 5.91 Å². The summed E-state index contributed by atoms with van der Waals surface area (Å²) in [5, 5.41) is 0. The minimum absolute atomic E-state index is 0.00566. The molecule has 4 fully saturated rings. The van der Waals surface area contributed by atoms with Gasteiger partial charge in [-0.15, -0.1) is 0 Å². The van der Waals surface area contributed by atoms with Crippen molar-refractivity contribution in [3.8, 4) is 5.75 Å². The highest BCUT2D eigenvalue weighted by Gasteiger charge is 2.54. The molecule has 4 aliphatic carbocycles. The maximum atomic E-state index is 12.9. The quantitative estimate of drug-likeness (QED) is 0.798. The molecule has 0 aromatic heterocycles. The third kappa shape index (κ3) is 3.44. The second kappa shape index (κ2) is 6.84. The summed E-state index contributed by atoms with van der Waals surface area (Å²) in [4.78, 5) is 25.3. The number of rotatable bonds is 4. The average molecular weight is 370 g/mol. The predicted octanol–water partition coefficient (Wildman–Crippen LogP) is 3.43. The number of amides is 2. The van der Waals surface area contributed by atoms with Gasteiger partial charge in [0, 0.05) is 0 Å². The van der Waals surface area contributed by atoms with Crippen molar-refractivity contribution < 1.29 is 14.3 Å². The van der Waals surface area contributed by atoms with Crippen LogP contribution in [0.1, 0.15) is 56.6 Å². The van der Waals surface area contributed by atoms with Crippen LogP contribution in [0.2, 0.25) is 0 Å². The number of hydrogen-bond acceptors (Lipinski definition) is 3. The molecular formula is C22H30N2O3. The second-order valence-electron chi connectivity index (χ2n) is 9.10. The van der Waals surface area contributed by atoms with E-state index < -0.39 is 6.10 Å². The summed E-state index contributed by atoms with van der Waals surface area (Å²) >= 11 is 0. The van der Waals surface area contributed by atoms with Crippen LogP contribution >= 0.6 is 0 Å². The summed E-state index contributed by atoms with van der Waals surface area (Å²) in [5.41, 5.74) is 7.19. The summed E-state index contributed by atoms with van der Waals surface area (Å²) in [6.07, 6.45) is 6.14. The third-order valence-electron chi connectivity index (χ3n) is 7.05. The fourth-order valence-corrected chi connectivity index (χ4v) is 5.84. The van der Waals surface area contributed by atoms with E-state index in [0.29, 0.717) is 23.5 Å². The largest absolute Gasteiger partial charge is 0.481 e. The molecule has 1 unspecified atom stereocenters. The van der Waals surface area contributed by atoms with E-state index in [9.17, 15) is 9.59 Å². The van der Waals surface area contributed by atoms with Gasteiger partial charge in [0.1, 0.15) is 5.75 Å². The fraction of sp³-hybridized carbons (Fsp3) is 0.636. The van der Waals surface area contributed by atoms with Crippen LogP contribution in [0.25, 0.3) is 0 Å². The molecule has 5 heteroatoms. The number of benzene rings is 1. The first-order chi connectivity index (χ1) is 12.9. The molecule has 2 amide bonds. The highest BCUT2D eigenvalue weighted by Crippen LogP contribution is 2.60. The van der Waals surface area contributed by atoms with Gasteiger partial charge in [-0.05, 0) is 94.2 Å². The predicted molar refractivity (Wildman–Crippen MR) is 103 cm³/mol. The Balaban J connectivity index is 1.33. The number of hydrazine groups is 1. The molecule has 1 aromatic rings. The zero-order chi connectivity index (χ0) is 19.2. The first-order valence-electron chi connectivity index (χ1n) is 10.2. The van der Waals surface area contributed by atoms with E-state index >= 15 is 0 Å². The number of aryl methyl sites for hydroxylation is 1. The van der Waals surface area contributed by atoms with E-state index in [1.807, 2.05) is 32.0 Å². The van der Waals surface area contributed by atoms with Crippen molar-refractivity contribution >= 4 is 11.8 Å². The van der Waals surface area contributed by atoms with Crippen molar-refractivity contribution in [2.45, 2.75) is 65.4 Å². The first-order valence-corrected chi connectivity index (χ1v) is 10.2. The zero-order valence-electron chi connectivity index (χ0n) is 16.5. The summed E-state index contributed by atoms with van der Waals surface area (Å²) in [6, 6.07) is 5.79. The van der Waals surface area contributed by atoms with Crippen LogP contribution in [0.3, 0.4) is 0 Å². The number of ether oxygens (including phenoxy) is 1. The molecule has 4 bridgehead atoms. The Kier molecular flexibility index (Phi) is 4.65. The van der Waals surface area contributed by atoms with Gasteiger partial charge in [0.25, 0.3) is 5.91 Å². The first kappa shape index (κ1) is 18.3. The van der Waals surface area contributed by atoms with Crippen LogP contribution in [-0.2, 0) is 9.59 Å². The Labute approximate surface area is 161 Å². The van der Waals surface area contributed by atoms with Gasteiger partial charge in [-0.25, -0.2) is 0 Å². The highest BCUT2D eigenvalue weighted by molar-refractivity contribution is 5.87. The third-order valence-corrected chi connectivity index (χ3v) is 7.05. The van der Waals surface area contributed by atoms with Gasteiger partial charge in [0.05, 0.1) is 5.41 Å². The molecule has 0 aliphatic heterocycles. The summed E-state index contributed by atoms with van der Waals surface area (Å²) in [7, 11) is 0. The smallest absolute Gasteiger partial charge is 0.279 e. The molecule has 2 N–H and O–H groups in total. The van der Waals surface area contributed by atoms with Crippen molar-refractivity contribution in [2.24, 2.45) is 23.2 Å². The lowest BCUT2D eigenvalue weighted by atomic mass is 9.49. The van der Waals surface area contributed by atoms with Crippen LogP contribution in [0.5, 0.6) is 5.75 Å². The Morgan fingerprint density at radius 2 is 1.63 bits per heavy atom.